The fourth-order valence-electron chi connectivity index (χ4n) is 5.44. The van der Waals surface area contributed by atoms with Crippen molar-refractivity contribution >= 4 is 33.6 Å². The quantitative estimate of drug-likeness (QED) is 0.322. The van der Waals surface area contributed by atoms with E-state index in [1.165, 1.54) is 17.0 Å². The monoisotopic (exact) mass is 486 g/mol. The molecular formula is C30H31FN2O3. The van der Waals surface area contributed by atoms with Crippen LogP contribution in [-0.4, -0.2) is 27.6 Å². The van der Waals surface area contributed by atoms with Crippen LogP contribution in [-0.2, 0) is 17.8 Å². The number of hydrogen-bond donors (Lipinski definition) is 2. The predicted molar refractivity (Wildman–Crippen MR) is 140 cm³/mol. The summed E-state index contributed by atoms with van der Waals surface area (Å²) < 4.78 is 16.6. The molecule has 1 amide bonds. The fourth-order valence-corrected chi connectivity index (χ4v) is 5.44. The number of nitrogens with zero attached hydrogens (tertiary/aromatic N) is 1. The van der Waals surface area contributed by atoms with Crippen molar-refractivity contribution < 1.29 is 19.1 Å². The molecule has 1 heterocycles. The summed E-state index contributed by atoms with van der Waals surface area (Å²) in [6.07, 6.45) is 6.37. The molecule has 0 bridgehead atoms. The number of nitrogens with one attached hydrogen (secondary N) is 1. The molecule has 36 heavy (non-hydrogen) atoms. The van der Waals surface area contributed by atoms with Gasteiger partial charge in [0.25, 0.3) is 5.91 Å². The molecule has 1 aliphatic rings. The number of benzene rings is 3. The van der Waals surface area contributed by atoms with Crippen LogP contribution in [0.3, 0.4) is 0 Å². The Morgan fingerprint density at radius 1 is 0.972 bits per heavy atom. The number of fused-ring (bicyclic) bond motifs is 2. The Morgan fingerprint density at radius 3 is 2.36 bits per heavy atom. The topological polar surface area (TPSA) is 71.3 Å². The van der Waals surface area contributed by atoms with Gasteiger partial charge in [0.15, 0.2) is 0 Å². The highest BCUT2D eigenvalue weighted by Crippen LogP contribution is 2.28. The molecule has 3 aromatic carbocycles. The summed E-state index contributed by atoms with van der Waals surface area (Å²) in [6.45, 7) is 2.69. The van der Waals surface area contributed by atoms with Crippen LogP contribution in [0.15, 0.2) is 60.8 Å². The van der Waals surface area contributed by atoms with E-state index in [9.17, 15) is 19.1 Å². The van der Waals surface area contributed by atoms with Gasteiger partial charge in [0.05, 0.1) is 17.0 Å². The summed E-state index contributed by atoms with van der Waals surface area (Å²) in [5.41, 5.74) is 3.41. The average Bonchev–Trinajstić information content (AvgIpc) is 3.29. The first-order valence-electron chi connectivity index (χ1n) is 12.8. The number of halogens is 1. The van der Waals surface area contributed by atoms with Gasteiger partial charge in [-0.25, -0.2) is 4.39 Å². The van der Waals surface area contributed by atoms with Gasteiger partial charge in [-0.15, -0.1) is 0 Å². The minimum Gasteiger partial charge on any atom is -0.481 e. The van der Waals surface area contributed by atoms with Gasteiger partial charge in [-0.05, 0) is 78.3 Å². The Kier molecular flexibility index (Phi) is 6.77. The molecule has 5 rings (SSSR count). The first kappa shape index (κ1) is 24.0. The predicted octanol–water partition coefficient (Wildman–Crippen LogP) is 6.31. The van der Waals surface area contributed by atoms with Crippen molar-refractivity contribution in [3.8, 4) is 0 Å². The molecule has 4 aromatic rings. The van der Waals surface area contributed by atoms with Gasteiger partial charge >= 0.3 is 5.97 Å². The highest BCUT2D eigenvalue weighted by molar-refractivity contribution is 6.06. The molecule has 1 saturated carbocycles. The van der Waals surface area contributed by atoms with Gasteiger partial charge < -0.3 is 15.0 Å². The molecule has 0 spiro atoms. The maximum absolute atomic E-state index is 14.7. The summed E-state index contributed by atoms with van der Waals surface area (Å²) in [5.74, 6) is -1.72. The lowest BCUT2D eigenvalue weighted by Gasteiger charge is -2.27. The van der Waals surface area contributed by atoms with Crippen LogP contribution in [0.25, 0.3) is 21.7 Å². The van der Waals surface area contributed by atoms with E-state index in [0.29, 0.717) is 48.7 Å². The largest absolute Gasteiger partial charge is 0.481 e. The SMILES string of the molecule is CCCc1ccc2cc(Cn3ccc4c(F)ccc(C(=O)NC5CCC(C(=O)O)CC5)c43)ccc2c1. The zero-order chi connectivity index (χ0) is 25.2. The number of carbonyl (C=O) groups excluding carboxylic acids is 1. The van der Waals surface area contributed by atoms with E-state index >= 15 is 0 Å². The number of aliphatic carboxylic acids is 1. The zero-order valence-electron chi connectivity index (χ0n) is 20.5. The molecule has 0 unspecified atom stereocenters. The van der Waals surface area contributed by atoms with Crippen molar-refractivity contribution in [2.24, 2.45) is 5.92 Å². The summed E-state index contributed by atoms with van der Waals surface area (Å²) >= 11 is 0. The second kappa shape index (κ2) is 10.1. The minimum atomic E-state index is -0.770. The molecule has 0 atom stereocenters. The molecule has 0 radical (unpaired) electrons. The second-order valence-corrected chi connectivity index (χ2v) is 9.93. The van der Waals surface area contributed by atoms with Crippen LogP contribution in [0.5, 0.6) is 0 Å². The van der Waals surface area contributed by atoms with Crippen molar-refractivity contribution in [1.29, 1.82) is 0 Å². The van der Waals surface area contributed by atoms with E-state index in [1.54, 1.807) is 12.1 Å². The lowest BCUT2D eigenvalue weighted by Crippen LogP contribution is -2.38. The number of aryl methyl sites for hydroxylation is 1. The third kappa shape index (κ3) is 4.85. The molecule has 2 N–H and O–H groups in total. The smallest absolute Gasteiger partial charge is 0.306 e. The van der Waals surface area contributed by atoms with Crippen molar-refractivity contribution in [3.63, 3.8) is 0 Å². The van der Waals surface area contributed by atoms with Crippen molar-refractivity contribution in [3.05, 3.63) is 83.3 Å². The van der Waals surface area contributed by atoms with Crippen LogP contribution >= 0.6 is 0 Å². The Labute approximate surface area is 209 Å². The fraction of sp³-hybridized carbons (Fsp3) is 0.333. The van der Waals surface area contributed by atoms with Crippen molar-refractivity contribution in [2.45, 2.75) is 58.0 Å². The molecule has 0 saturated heterocycles. The van der Waals surface area contributed by atoms with E-state index in [0.717, 1.165) is 23.8 Å². The molecular weight excluding hydrogens is 455 g/mol. The number of amides is 1. The molecule has 186 valence electrons. The second-order valence-electron chi connectivity index (χ2n) is 9.93. The standard InChI is InChI=1S/C30H31FN2O3/c1-2-3-19-4-6-23-17-20(5-7-22(23)16-19)18-33-15-14-25-27(31)13-12-26(28(25)33)29(34)32-24-10-8-21(9-11-24)30(35)36/h4-7,12-17,21,24H,2-3,8-11,18H2,1H3,(H,32,34)(H,35,36). The zero-order valence-corrected chi connectivity index (χ0v) is 20.5. The maximum atomic E-state index is 14.7. The van der Waals surface area contributed by atoms with Gasteiger partial charge in [0.1, 0.15) is 5.82 Å². The number of hydrogen-bond acceptors (Lipinski definition) is 2. The Bertz CT molecular complexity index is 1430. The van der Waals surface area contributed by atoms with Crippen LogP contribution in [0, 0.1) is 11.7 Å². The van der Waals surface area contributed by atoms with Crippen LogP contribution in [0.2, 0.25) is 0 Å². The van der Waals surface area contributed by atoms with Crippen molar-refractivity contribution in [2.75, 3.05) is 0 Å². The Balaban J connectivity index is 1.40. The number of carbonyl (C=O) groups is 2. The van der Waals surface area contributed by atoms with Gasteiger partial charge in [0, 0.05) is 24.2 Å². The highest BCUT2D eigenvalue weighted by Gasteiger charge is 2.27. The molecule has 6 heteroatoms. The van der Waals surface area contributed by atoms with E-state index in [4.69, 9.17) is 0 Å². The average molecular weight is 487 g/mol. The first-order chi connectivity index (χ1) is 17.4. The minimum absolute atomic E-state index is 0.0743. The number of carboxylic acid groups (broad SMARTS) is 1. The van der Waals surface area contributed by atoms with Crippen LogP contribution in [0.1, 0.15) is 60.5 Å². The van der Waals surface area contributed by atoms with E-state index < -0.39 is 5.97 Å². The molecule has 0 aliphatic heterocycles. The van der Waals surface area contributed by atoms with Crippen LogP contribution < -0.4 is 5.32 Å². The van der Waals surface area contributed by atoms with Gasteiger partial charge in [0.2, 0.25) is 0 Å². The first-order valence-corrected chi connectivity index (χ1v) is 12.8. The number of rotatable bonds is 7. The lowest BCUT2D eigenvalue weighted by atomic mass is 9.86. The Hall–Kier alpha value is -3.67. The number of carboxylic acids is 1. The van der Waals surface area contributed by atoms with Gasteiger partial charge in [-0.3, -0.25) is 9.59 Å². The van der Waals surface area contributed by atoms with E-state index in [-0.39, 0.29) is 23.7 Å². The van der Waals surface area contributed by atoms with E-state index in [2.05, 4.69) is 48.6 Å². The summed E-state index contributed by atoms with van der Waals surface area (Å²) in [7, 11) is 0. The van der Waals surface area contributed by atoms with E-state index in [1.807, 2.05) is 10.8 Å². The molecule has 1 aliphatic carbocycles. The maximum Gasteiger partial charge on any atom is 0.306 e. The highest BCUT2D eigenvalue weighted by atomic mass is 19.1. The number of aromatic nitrogens is 1. The van der Waals surface area contributed by atoms with Gasteiger partial charge in [-0.1, -0.05) is 43.7 Å². The van der Waals surface area contributed by atoms with Crippen LogP contribution in [0.4, 0.5) is 4.39 Å². The molecule has 1 aromatic heterocycles. The summed E-state index contributed by atoms with van der Waals surface area (Å²) in [4.78, 5) is 24.5. The van der Waals surface area contributed by atoms with Crippen molar-refractivity contribution in [1.82, 2.24) is 9.88 Å². The molecule has 5 nitrogen and oxygen atoms in total. The Morgan fingerprint density at radius 2 is 1.67 bits per heavy atom. The summed E-state index contributed by atoms with van der Waals surface area (Å²) in [6, 6.07) is 17.4. The lowest BCUT2D eigenvalue weighted by molar-refractivity contribution is -0.142. The summed E-state index contributed by atoms with van der Waals surface area (Å²) in [5, 5.41) is 15.1. The van der Waals surface area contributed by atoms with Gasteiger partial charge in [-0.2, -0.15) is 0 Å². The third-order valence-electron chi connectivity index (χ3n) is 7.39. The third-order valence-corrected chi connectivity index (χ3v) is 7.39. The molecule has 1 fully saturated rings. The normalized spacial score (nSPS) is 17.9.